The number of hydrogen-bond acceptors (Lipinski definition) is 3. The Bertz CT molecular complexity index is 389. The summed E-state index contributed by atoms with van der Waals surface area (Å²) in [6.45, 7) is 9.40. The van der Waals surface area contributed by atoms with Crippen LogP contribution in [0.25, 0.3) is 0 Å². The molecule has 1 fully saturated rings. The number of aliphatic hydroxyl groups excluding tert-OH is 1. The zero-order valence-corrected chi connectivity index (χ0v) is 11.4. The molecule has 3 nitrogen and oxygen atoms in total. The Morgan fingerprint density at radius 3 is 2.61 bits per heavy atom. The van der Waals surface area contributed by atoms with Crippen LogP contribution in [-0.2, 0) is 9.59 Å². The molecule has 0 heterocycles. The van der Waals surface area contributed by atoms with Crippen LogP contribution >= 0.6 is 0 Å². The topological polar surface area (TPSA) is 54.4 Å². The highest BCUT2D eigenvalue weighted by molar-refractivity contribution is 5.89. The Hall–Kier alpha value is -1.22. The van der Waals surface area contributed by atoms with Crippen LogP contribution in [0.15, 0.2) is 23.8 Å². The molecule has 0 saturated heterocycles. The molecular formula is C15H22O3. The SMILES string of the molecule is C=C1CCC(=O)CC1C(C)C(=O)C(O)C=C(C)C. The van der Waals surface area contributed by atoms with Crippen LogP contribution in [-0.4, -0.2) is 22.8 Å². The van der Waals surface area contributed by atoms with E-state index in [4.69, 9.17) is 0 Å². The van der Waals surface area contributed by atoms with Crippen LogP contribution in [0.3, 0.4) is 0 Å². The lowest BCUT2D eigenvalue weighted by Gasteiger charge is -2.29. The quantitative estimate of drug-likeness (QED) is 0.780. The van der Waals surface area contributed by atoms with Crippen LogP contribution in [0.4, 0.5) is 0 Å². The third kappa shape index (κ3) is 3.64. The summed E-state index contributed by atoms with van der Waals surface area (Å²) in [5, 5.41) is 9.80. The number of carbonyl (C=O) groups excluding carboxylic acids is 2. The molecule has 100 valence electrons. The van der Waals surface area contributed by atoms with Crippen molar-refractivity contribution in [3.63, 3.8) is 0 Å². The minimum Gasteiger partial charge on any atom is -0.381 e. The Morgan fingerprint density at radius 2 is 2.06 bits per heavy atom. The highest BCUT2D eigenvalue weighted by Crippen LogP contribution is 2.33. The zero-order chi connectivity index (χ0) is 13.9. The molecule has 0 aromatic rings. The lowest BCUT2D eigenvalue weighted by atomic mass is 9.75. The average molecular weight is 250 g/mol. The maximum Gasteiger partial charge on any atom is 0.168 e. The predicted molar refractivity (Wildman–Crippen MR) is 71.1 cm³/mol. The van der Waals surface area contributed by atoms with Crippen LogP contribution in [0, 0.1) is 11.8 Å². The van der Waals surface area contributed by atoms with Crippen molar-refractivity contribution in [2.45, 2.75) is 46.1 Å². The van der Waals surface area contributed by atoms with Crippen molar-refractivity contribution in [2.24, 2.45) is 11.8 Å². The number of ketones is 2. The van der Waals surface area contributed by atoms with E-state index in [9.17, 15) is 14.7 Å². The second kappa shape index (κ2) is 6.10. The number of aliphatic hydroxyl groups is 1. The maximum absolute atomic E-state index is 12.1. The van der Waals surface area contributed by atoms with Crippen molar-refractivity contribution >= 4 is 11.6 Å². The van der Waals surface area contributed by atoms with Gasteiger partial charge in [-0.05, 0) is 26.2 Å². The summed E-state index contributed by atoms with van der Waals surface area (Å²) < 4.78 is 0. The highest BCUT2D eigenvalue weighted by Gasteiger charge is 2.33. The van der Waals surface area contributed by atoms with Gasteiger partial charge in [0.15, 0.2) is 5.78 Å². The standard InChI is InChI=1S/C15H22O3/c1-9(2)7-14(17)15(18)11(4)13-8-12(16)6-5-10(13)3/h7,11,13-14,17H,3,5-6,8H2,1-2,4H3. The molecule has 0 aromatic carbocycles. The molecule has 0 amide bonds. The van der Waals surface area contributed by atoms with E-state index >= 15 is 0 Å². The van der Waals surface area contributed by atoms with Crippen molar-refractivity contribution in [1.82, 2.24) is 0 Å². The zero-order valence-electron chi connectivity index (χ0n) is 11.4. The number of rotatable bonds is 4. The van der Waals surface area contributed by atoms with Crippen molar-refractivity contribution in [3.8, 4) is 0 Å². The van der Waals surface area contributed by atoms with Gasteiger partial charge in [-0.3, -0.25) is 9.59 Å². The largest absolute Gasteiger partial charge is 0.381 e. The molecule has 18 heavy (non-hydrogen) atoms. The first-order valence-corrected chi connectivity index (χ1v) is 6.39. The second-order valence-corrected chi connectivity index (χ2v) is 5.39. The lowest BCUT2D eigenvalue weighted by molar-refractivity contribution is -0.130. The first-order valence-electron chi connectivity index (χ1n) is 6.39. The van der Waals surface area contributed by atoms with E-state index in [0.29, 0.717) is 19.3 Å². The summed E-state index contributed by atoms with van der Waals surface area (Å²) in [6.07, 6.45) is 2.06. The van der Waals surface area contributed by atoms with E-state index in [1.54, 1.807) is 13.0 Å². The number of carbonyl (C=O) groups is 2. The van der Waals surface area contributed by atoms with E-state index in [2.05, 4.69) is 6.58 Å². The van der Waals surface area contributed by atoms with Crippen LogP contribution in [0.5, 0.6) is 0 Å². The van der Waals surface area contributed by atoms with Crippen LogP contribution in [0.1, 0.15) is 40.0 Å². The molecule has 0 aliphatic heterocycles. The molecule has 3 atom stereocenters. The highest BCUT2D eigenvalue weighted by atomic mass is 16.3. The van der Waals surface area contributed by atoms with Gasteiger partial charge in [-0.25, -0.2) is 0 Å². The molecule has 1 rings (SSSR count). The van der Waals surface area contributed by atoms with Crippen molar-refractivity contribution in [2.75, 3.05) is 0 Å². The van der Waals surface area contributed by atoms with Crippen LogP contribution in [0.2, 0.25) is 0 Å². The van der Waals surface area contributed by atoms with E-state index in [0.717, 1.165) is 11.1 Å². The normalized spacial score (nSPS) is 23.4. The summed E-state index contributed by atoms with van der Waals surface area (Å²) in [5.41, 5.74) is 1.86. The molecule has 0 spiro atoms. The fourth-order valence-corrected chi connectivity index (χ4v) is 2.37. The minimum absolute atomic E-state index is 0.112. The number of hydrogen-bond donors (Lipinski definition) is 1. The number of allylic oxidation sites excluding steroid dienone is 2. The van der Waals surface area contributed by atoms with E-state index in [1.165, 1.54) is 0 Å². The van der Waals surface area contributed by atoms with Gasteiger partial charge in [0.05, 0.1) is 0 Å². The molecule has 1 aliphatic rings. The van der Waals surface area contributed by atoms with Crippen molar-refractivity contribution in [1.29, 1.82) is 0 Å². The third-order valence-corrected chi connectivity index (χ3v) is 3.53. The summed E-state index contributed by atoms with van der Waals surface area (Å²) in [4.78, 5) is 23.5. The average Bonchev–Trinajstić information content (AvgIpc) is 2.29. The maximum atomic E-state index is 12.1. The molecule has 0 bridgehead atoms. The Morgan fingerprint density at radius 1 is 1.44 bits per heavy atom. The van der Waals surface area contributed by atoms with Gasteiger partial charge in [-0.2, -0.15) is 0 Å². The fourth-order valence-electron chi connectivity index (χ4n) is 2.37. The van der Waals surface area contributed by atoms with E-state index < -0.39 is 6.10 Å². The fraction of sp³-hybridized carbons (Fsp3) is 0.600. The smallest absolute Gasteiger partial charge is 0.168 e. The third-order valence-electron chi connectivity index (χ3n) is 3.53. The van der Waals surface area contributed by atoms with Gasteiger partial charge < -0.3 is 5.11 Å². The molecular weight excluding hydrogens is 228 g/mol. The van der Waals surface area contributed by atoms with E-state index in [-0.39, 0.29) is 23.4 Å². The minimum atomic E-state index is -1.07. The molecule has 1 saturated carbocycles. The predicted octanol–water partition coefficient (Wildman–Crippen LogP) is 2.44. The summed E-state index contributed by atoms with van der Waals surface area (Å²) in [6, 6.07) is 0. The second-order valence-electron chi connectivity index (χ2n) is 5.39. The van der Waals surface area contributed by atoms with Crippen LogP contribution < -0.4 is 0 Å². The Labute approximate surface area is 109 Å². The van der Waals surface area contributed by atoms with Gasteiger partial charge in [0.1, 0.15) is 11.9 Å². The molecule has 1 N–H and O–H groups in total. The molecule has 1 aliphatic carbocycles. The van der Waals surface area contributed by atoms with Gasteiger partial charge in [0.2, 0.25) is 0 Å². The molecule has 0 aromatic heterocycles. The van der Waals surface area contributed by atoms with Gasteiger partial charge in [-0.1, -0.05) is 30.7 Å². The van der Waals surface area contributed by atoms with E-state index in [1.807, 2.05) is 13.8 Å². The molecule has 3 unspecified atom stereocenters. The van der Waals surface area contributed by atoms with Gasteiger partial charge in [-0.15, -0.1) is 0 Å². The monoisotopic (exact) mass is 250 g/mol. The Balaban J connectivity index is 2.76. The summed E-state index contributed by atoms with van der Waals surface area (Å²) in [7, 11) is 0. The summed E-state index contributed by atoms with van der Waals surface area (Å²) in [5.74, 6) is -0.507. The van der Waals surface area contributed by atoms with Gasteiger partial charge in [0.25, 0.3) is 0 Å². The lowest BCUT2D eigenvalue weighted by Crippen LogP contribution is -2.33. The van der Waals surface area contributed by atoms with Gasteiger partial charge >= 0.3 is 0 Å². The summed E-state index contributed by atoms with van der Waals surface area (Å²) >= 11 is 0. The number of Topliss-reactive ketones (excluding diaryl/α,β-unsaturated/α-hetero) is 2. The van der Waals surface area contributed by atoms with Gasteiger partial charge in [0, 0.05) is 18.8 Å². The first kappa shape index (κ1) is 14.8. The van der Waals surface area contributed by atoms with Crippen molar-refractivity contribution in [3.05, 3.63) is 23.8 Å². The molecule has 3 heteroatoms. The first-order chi connectivity index (χ1) is 8.32. The van der Waals surface area contributed by atoms with Crippen molar-refractivity contribution < 1.29 is 14.7 Å². The molecule has 0 radical (unpaired) electrons. The Kier molecular flexibility index (Phi) is 5.03.